The SMILES string of the molecule is COc1cccc(OC)c1OCC(O)CN1CCN(C)CC1.Cl. The predicted molar refractivity (Wildman–Crippen MR) is 92.2 cm³/mol. The van der Waals surface area contributed by atoms with E-state index in [4.69, 9.17) is 14.2 Å². The largest absolute Gasteiger partial charge is 0.493 e. The third-order valence-electron chi connectivity index (χ3n) is 3.87. The molecule has 1 saturated heterocycles. The molecule has 0 radical (unpaired) electrons. The van der Waals surface area contributed by atoms with Gasteiger partial charge in [-0.2, -0.15) is 0 Å². The number of nitrogens with zero attached hydrogens (tertiary/aromatic N) is 2. The Kier molecular flexibility index (Phi) is 8.47. The van der Waals surface area contributed by atoms with Crippen molar-refractivity contribution in [2.24, 2.45) is 0 Å². The zero-order chi connectivity index (χ0) is 15.9. The number of hydrogen-bond donors (Lipinski definition) is 1. The summed E-state index contributed by atoms with van der Waals surface area (Å²) in [6.07, 6.45) is -0.543. The lowest BCUT2D eigenvalue weighted by molar-refractivity contribution is 0.0490. The van der Waals surface area contributed by atoms with Crippen LogP contribution in [-0.2, 0) is 0 Å². The van der Waals surface area contributed by atoms with Crippen LogP contribution in [0.3, 0.4) is 0 Å². The number of β-amino-alcohol motifs (C(OH)–C–C–N with tert-alkyl or cyclic N) is 1. The molecule has 1 aromatic carbocycles. The number of likely N-dealkylation sites (N-methyl/N-ethyl adjacent to an activating group) is 1. The van der Waals surface area contributed by atoms with Gasteiger partial charge in [-0.25, -0.2) is 0 Å². The fourth-order valence-corrected chi connectivity index (χ4v) is 2.52. The van der Waals surface area contributed by atoms with Gasteiger partial charge in [0.25, 0.3) is 0 Å². The number of aliphatic hydroxyl groups excluding tert-OH is 1. The number of rotatable bonds is 7. The summed E-state index contributed by atoms with van der Waals surface area (Å²) in [7, 11) is 5.29. The van der Waals surface area contributed by atoms with Gasteiger partial charge in [-0.15, -0.1) is 12.4 Å². The molecule has 1 atom stereocenters. The van der Waals surface area contributed by atoms with Gasteiger partial charge in [0.2, 0.25) is 5.75 Å². The van der Waals surface area contributed by atoms with Crippen molar-refractivity contribution in [3.05, 3.63) is 18.2 Å². The van der Waals surface area contributed by atoms with Gasteiger partial charge < -0.3 is 24.2 Å². The number of benzene rings is 1. The van der Waals surface area contributed by atoms with Crippen LogP contribution >= 0.6 is 12.4 Å². The van der Waals surface area contributed by atoms with Crippen molar-refractivity contribution in [3.8, 4) is 17.2 Å². The van der Waals surface area contributed by atoms with Crippen LogP contribution in [-0.4, -0.2) is 81.6 Å². The average molecular weight is 347 g/mol. The third-order valence-corrected chi connectivity index (χ3v) is 3.87. The van der Waals surface area contributed by atoms with E-state index in [1.807, 2.05) is 18.2 Å². The molecule has 0 aromatic heterocycles. The Hall–Kier alpha value is -1.21. The molecular weight excluding hydrogens is 320 g/mol. The molecule has 0 saturated carbocycles. The van der Waals surface area contributed by atoms with E-state index >= 15 is 0 Å². The second kappa shape index (κ2) is 9.82. The van der Waals surface area contributed by atoms with Gasteiger partial charge in [0.05, 0.1) is 14.2 Å². The van der Waals surface area contributed by atoms with Crippen molar-refractivity contribution in [1.82, 2.24) is 9.80 Å². The van der Waals surface area contributed by atoms with Gasteiger partial charge >= 0.3 is 0 Å². The van der Waals surface area contributed by atoms with Crippen molar-refractivity contribution in [1.29, 1.82) is 0 Å². The number of aliphatic hydroxyl groups is 1. The highest BCUT2D eigenvalue weighted by molar-refractivity contribution is 5.85. The molecule has 2 rings (SSSR count). The fourth-order valence-electron chi connectivity index (χ4n) is 2.52. The first-order valence-corrected chi connectivity index (χ1v) is 7.56. The van der Waals surface area contributed by atoms with Crippen LogP contribution in [0.4, 0.5) is 0 Å². The highest BCUT2D eigenvalue weighted by Crippen LogP contribution is 2.36. The molecule has 1 aromatic rings. The fraction of sp³-hybridized carbons (Fsp3) is 0.625. The summed E-state index contributed by atoms with van der Waals surface area (Å²) < 4.78 is 16.3. The molecule has 0 bridgehead atoms. The van der Waals surface area contributed by atoms with Crippen LogP contribution in [0.1, 0.15) is 0 Å². The molecule has 0 aliphatic carbocycles. The minimum atomic E-state index is -0.543. The van der Waals surface area contributed by atoms with Crippen LogP contribution in [0.25, 0.3) is 0 Å². The second-order valence-corrected chi connectivity index (χ2v) is 5.56. The summed E-state index contributed by atoms with van der Waals surface area (Å²) in [5, 5.41) is 10.2. The van der Waals surface area contributed by atoms with E-state index in [1.165, 1.54) is 0 Å². The van der Waals surface area contributed by atoms with E-state index in [1.54, 1.807) is 14.2 Å². The average Bonchev–Trinajstić information content (AvgIpc) is 2.54. The molecular formula is C16H27ClN2O4. The number of methoxy groups -OCH3 is 2. The van der Waals surface area contributed by atoms with Crippen LogP contribution < -0.4 is 14.2 Å². The molecule has 6 nitrogen and oxygen atoms in total. The Bertz CT molecular complexity index is 445. The van der Waals surface area contributed by atoms with E-state index in [0.717, 1.165) is 26.2 Å². The molecule has 0 amide bonds. The number of ether oxygens (including phenoxy) is 3. The van der Waals surface area contributed by atoms with Gasteiger partial charge in [0.1, 0.15) is 12.7 Å². The van der Waals surface area contributed by atoms with Gasteiger partial charge in [-0.05, 0) is 19.2 Å². The normalized spacial score (nSPS) is 17.2. The molecule has 1 fully saturated rings. The maximum Gasteiger partial charge on any atom is 0.203 e. The molecule has 1 aliphatic heterocycles. The second-order valence-electron chi connectivity index (χ2n) is 5.56. The van der Waals surface area contributed by atoms with Crippen molar-refractivity contribution in [2.75, 3.05) is 60.6 Å². The lowest BCUT2D eigenvalue weighted by atomic mass is 10.2. The lowest BCUT2D eigenvalue weighted by Gasteiger charge is -2.33. The van der Waals surface area contributed by atoms with Crippen molar-refractivity contribution in [2.45, 2.75) is 6.10 Å². The van der Waals surface area contributed by atoms with Gasteiger partial charge in [0, 0.05) is 32.7 Å². The standard InChI is InChI=1S/C16H26N2O4.ClH/c1-17-7-9-18(10-8-17)11-13(19)12-22-16-14(20-2)5-4-6-15(16)21-3;/h4-6,13,19H,7-12H2,1-3H3;1H. The zero-order valence-corrected chi connectivity index (χ0v) is 14.8. The van der Waals surface area contributed by atoms with Crippen LogP contribution in [0.5, 0.6) is 17.2 Å². The van der Waals surface area contributed by atoms with Gasteiger partial charge in [-0.1, -0.05) is 6.07 Å². The zero-order valence-electron chi connectivity index (χ0n) is 14.0. The number of halogens is 1. The molecule has 1 heterocycles. The monoisotopic (exact) mass is 346 g/mol. The Morgan fingerprint density at radius 2 is 1.65 bits per heavy atom. The topological polar surface area (TPSA) is 54.4 Å². The summed E-state index contributed by atoms with van der Waals surface area (Å²) in [6, 6.07) is 5.46. The third kappa shape index (κ3) is 5.73. The number of piperazine rings is 1. The van der Waals surface area contributed by atoms with E-state index in [2.05, 4.69) is 16.8 Å². The van der Waals surface area contributed by atoms with Crippen LogP contribution in [0.15, 0.2) is 18.2 Å². The highest BCUT2D eigenvalue weighted by Gasteiger charge is 2.19. The first kappa shape index (κ1) is 19.8. The molecule has 1 unspecified atom stereocenters. The van der Waals surface area contributed by atoms with Crippen molar-refractivity contribution < 1.29 is 19.3 Å². The molecule has 7 heteroatoms. The molecule has 23 heavy (non-hydrogen) atoms. The molecule has 0 spiro atoms. The maximum absolute atomic E-state index is 10.2. The summed E-state index contributed by atoms with van der Waals surface area (Å²) in [5.74, 6) is 1.74. The Balaban J connectivity index is 0.00000264. The van der Waals surface area contributed by atoms with Crippen molar-refractivity contribution >= 4 is 12.4 Å². The first-order chi connectivity index (χ1) is 10.6. The van der Waals surface area contributed by atoms with Gasteiger partial charge in [-0.3, -0.25) is 4.90 Å². The summed E-state index contributed by atoms with van der Waals surface area (Å²) >= 11 is 0. The Morgan fingerprint density at radius 3 is 2.17 bits per heavy atom. The predicted octanol–water partition coefficient (Wildman–Crippen LogP) is 1.11. The highest BCUT2D eigenvalue weighted by atomic mass is 35.5. The minimum Gasteiger partial charge on any atom is -0.493 e. The van der Waals surface area contributed by atoms with Crippen LogP contribution in [0, 0.1) is 0 Å². The quantitative estimate of drug-likeness (QED) is 0.798. The Labute approximate surface area is 144 Å². The summed E-state index contributed by atoms with van der Waals surface area (Å²) in [5.41, 5.74) is 0. The maximum atomic E-state index is 10.2. The number of para-hydroxylation sites is 1. The molecule has 1 N–H and O–H groups in total. The van der Waals surface area contributed by atoms with E-state index in [9.17, 15) is 5.11 Å². The summed E-state index contributed by atoms with van der Waals surface area (Å²) in [6.45, 7) is 4.85. The van der Waals surface area contributed by atoms with Crippen LogP contribution in [0.2, 0.25) is 0 Å². The molecule has 1 aliphatic rings. The first-order valence-electron chi connectivity index (χ1n) is 7.56. The summed E-state index contributed by atoms with van der Waals surface area (Å²) in [4.78, 5) is 4.55. The van der Waals surface area contributed by atoms with E-state index in [-0.39, 0.29) is 19.0 Å². The van der Waals surface area contributed by atoms with E-state index in [0.29, 0.717) is 23.8 Å². The lowest BCUT2D eigenvalue weighted by Crippen LogP contribution is -2.47. The van der Waals surface area contributed by atoms with Crippen molar-refractivity contribution in [3.63, 3.8) is 0 Å². The van der Waals surface area contributed by atoms with Gasteiger partial charge in [0.15, 0.2) is 11.5 Å². The molecule has 132 valence electrons. The minimum absolute atomic E-state index is 0. The number of hydrogen-bond acceptors (Lipinski definition) is 6. The Morgan fingerprint density at radius 1 is 1.09 bits per heavy atom. The smallest absolute Gasteiger partial charge is 0.203 e. The van der Waals surface area contributed by atoms with E-state index < -0.39 is 6.10 Å².